The first-order chi connectivity index (χ1) is 13.6. The predicted octanol–water partition coefficient (Wildman–Crippen LogP) is 3.78. The molecule has 28 heavy (non-hydrogen) atoms. The maximum atomic E-state index is 12.5. The molecule has 0 aromatic carbocycles. The highest BCUT2D eigenvalue weighted by atomic mass is 32.1. The van der Waals surface area contributed by atoms with Gasteiger partial charge in [-0.05, 0) is 36.9 Å². The van der Waals surface area contributed by atoms with Gasteiger partial charge in [0.2, 0.25) is 11.8 Å². The molecule has 0 N–H and O–H groups in total. The zero-order chi connectivity index (χ0) is 19.9. The average molecular weight is 408 g/mol. The van der Waals surface area contributed by atoms with Crippen molar-refractivity contribution in [2.45, 2.75) is 64.2 Å². The fourth-order valence-corrected chi connectivity index (χ4v) is 5.16. The van der Waals surface area contributed by atoms with E-state index < -0.39 is 5.97 Å². The standard InChI is InChI=1S/C22H33NO4S/c24-18(27-12-8-6-4-2-1-3-5-7-9-13-28)15-23-21(25)19-16-10-11-17(14-16)20(19)22(23)26/h10-11,16-17,19-20,28H,1-9,12-15H2. The van der Waals surface area contributed by atoms with E-state index in [1.54, 1.807) is 0 Å². The number of esters is 1. The third-order valence-corrected chi connectivity index (χ3v) is 6.73. The van der Waals surface area contributed by atoms with E-state index in [9.17, 15) is 14.4 Å². The number of carbonyl (C=O) groups excluding carboxylic acids is 3. The third-order valence-electron chi connectivity index (χ3n) is 6.41. The maximum absolute atomic E-state index is 12.5. The minimum Gasteiger partial charge on any atom is -0.464 e. The number of fused-ring (bicyclic) bond motifs is 5. The molecule has 1 saturated heterocycles. The summed E-state index contributed by atoms with van der Waals surface area (Å²) in [5.74, 6) is 0.0212. The summed E-state index contributed by atoms with van der Waals surface area (Å²) in [7, 11) is 0. The lowest BCUT2D eigenvalue weighted by atomic mass is 9.85. The number of nitrogens with zero attached hydrogens (tertiary/aromatic N) is 1. The topological polar surface area (TPSA) is 63.7 Å². The van der Waals surface area contributed by atoms with Gasteiger partial charge in [-0.2, -0.15) is 12.6 Å². The van der Waals surface area contributed by atoms with Crippen LogP contribution in [0.1, 0.15) is 64.2 Å². The number of unbranched alkanes of at least 4 members (excludes halogenated alkanes) is 8. The van der Waals surface area contributed by atoms with Crippen molar-refractivity contribution >= 4 is 30.4 Å². The Balaban J connectivity index is 1.24. The second-order valence-electron chi connectivity index (χ2n) is 8.39. The Labute approximate surface area is 173 Å². The van der Waals surface area contributed by atoms with Crippen LogP contribution in [0.4, 0.5) is 0 Å². The Morgan fingerprint density at radius 2 is 1.39 bits per heavy atom. The number of hydrogen-bond acceptors (Lipinski definition) is 5. The molecule has 4 unspecified atom stereocenters. The molecule has 2 aliphatic carbocycles. The molecule has 2 bridgehead atoms. The van der Waals surface area contributed by atoms with Crippen molar-refractivity contribution < 1.29 is 19.1 Å². The molecule has 0 aromatic heterocycles. The molecule has 0 spiro atoms. The van der Waals surface area contributed by atoms with Gasteiger partial charge < -0.3 is 4.74 Å². The van der Waals surface area contributed by atoms with Gasteiger partial charge in [0, 0.05) is 0 Å². The fraction of sp³-hybridized carbons (Fsp3) is 0.773. The van der Waals surface area contributed by atoms with Crippen molar-refractivity contribution in [3.63, 3.8) is 0 Å². The molecular weight excluding hydrogens is 374 g/mol. The van der Waals surface area contributed by atoms with Gasteiger partial charge in [-0.25, -0.2) is 0 Å². The van der Waals surface area contributed by atoms with Crippen LogP contribution in [0.5, 0.6) is 0 Å². The smallest absolute Gasteiger partial charge is 0.326 e. The van der Waals surface area contributed by atoms with Gasteiger partial charge in [-0.1, -0.05) is 57.1 Å². The van der Waals surface area contributed by atoms with Crippen LogP contribution in [0.25, 0.3) is 0 Å². The first kappa shape index (κ1) is 21.4. The fourth-order valence-electron chi connectivity index (χ4n) is 4.93. The number of imide groups is 1. The molecule has 6 heteroatoms. The summed E-state index contributed by atoms with van der Waals surface area (Å²) in [6.07, 6.45) is 15.6. The minimum absolute atomic E-state index is 0.176. The molecule has 4 atom stereocenters. The Hall–Kier alpha value is -1.30. The molecule has 0 radical (unpaired) electrons. The summed E-state index contributed by atoms with van der Waals surface area (Å²) in [4.78, 5) is 38.3. The predicted molar refractivity (Wildman–Crippen MR) is 111 cm³/mol. The summed E-state index contributed by atoms with van der Waals surface area (Å²) in [5.41, 5.74) is 0. The molecule has 5 nitrogen and oxygen atoms in total. The van der Waals surface area contributed by atoms with E-state index in [1.807, 2.05) is 0 Å². The van der Waals surface area contributed by atoms with Crippen LogP contribution in [-0.4, -0.2) is 41.6 Å². The number of thiol groups is 1. The highest BCUT2D eigenvalue weighted by molar-refractivity contribution is 7.80. The van der Waals surface area contributed by atoms with E-state index in [1.165, 1.54) is 38.5 Å². The van der Waals surface area contributed by atoms with Gasteiger partial charge in [0.15, 0.2) is 0 Å². The summed E-state index contributed by atoms with van der Waals surface area (Å²) in [6, 6.07) is 0. The molecule has 0 aromatic rings. The number of allylic oxidation sites excluding steroid dienone is 2. The van der Waals surface area contributed by atoms with Crippen molar-refractivity contribution in [2.24, 2.45) is 23.7 Å². The highest BCUT2D eigenvalue weighted by Crippen LogP contribution is 2.52. The van der Waals surface area contributed by atoms with Crippen LogP contribution in [0.2, 0.25) is 0 Å². The first-order valence-electron chi connectivity index (χ1n) is 10.9. The molecule has 3 rings (SSSR count). The molecular formula is C22H33NO4S. The molecule has 1 heterocycles. The normalized spacial score (nSPS) is 27.7. The lowest BCUT2D eigenvalue weighted by Crippen LogP contribution is -2.38. The van der Waals surface area contributed by atoms with E-state index in [2.05, 4.69) is 24.8 Å². The van der Waals surface area contributed by atoms with Gasteiger partial charge >= 0.3 is 5.97 Å². The molecule has 2 amide bonds. The van der Waals surface area contributed by atoms with Crippen LogP contribution < -0.4 is 0 Å². The first-order valence-corrected chi connectivity index (χ1v) is 11.6. The van der Waals surface area contributed by atoms with Crippen molar-refractivity contribution in [3.05, 3.63) is 12.2 Å². The van der Waals surface area contributed by atoms with E-state index in [4.69, 9.17) is 4.74 Å². The highest BCUT2D eigenvalue weighted by Gasteiger charge is 2.59. The number of ether oxygens (including phenoxy) is 1. The second kappa shape index (κ2) is 10.5. The van der Waals surface area contributed by atoms with Crippen LogP contribution in [-0.2, 0) is 19.1 Å². The van der Waals surface area contributed by atoms with Crippen LogP contribution in [0.3, 0.4) is 0 Å². The SMILES string of the molecule is O=C(CN1C(=O)C2C3C=CC(C3)C2C1=O)OCCCCCCCCCCCS. The molecule has 1 aliphatic heterocycles. The van der Waals surface area contributed by atoms with E-state index in [0.29, 0.717) is 6.61 Å². The maximum Gasteiger partial charge on any atom is 0.326 e. The average Bonchev–Trinajstić information content (AvgIpc) is 3.36. The quantitative estimate of drug-likeness (QED) is 0.166. The lowest BCUT2D eigenvalue weighted by Gasteiger charge is -2.16. The largest absolute Gasteiger partial charge is 0.464 e. The Morgan fingerprint density at radius 1 is 0.893 bits per heavy atom. The van der Waals surface area contributed by atoms with Crippen molar-refractivity contribution in [1.29, 1.82) is 0 Å². The molecule has 3 aliphatic rings. The van der Waals surface area contributed by atoms with Gasteiger partial charge in [-0.15, -0.1) is 0 Å². The third kappa shape index (κ3) is 5.00. The minimum atomic E-state index is -0.467. The molecule has 156 valence electrons. The van der Waals surface area contributed by atoms with Gasteiger partial charge in [0.1, 0.15) is 6.54 Å². The molecule has 1 saturated carbocycles. The van der Waals surface area contributed by atoms with Crippen LogP contribution >= 0.6 is 12.6 Å². The number of carbonyl (C=O) groups is 3. The number of amides is 2. The lowest BCUT2D eigenvalue weighted by molar-refractivity contribution is -0.153. The number of likely N-dealkylation sites (tertiary alicyclic amines) is 1. The summed E-state index contributed by atoms with van der Waals surface area (Å²) in [5, 5.41) is 0. The Bertz CT molecular complexity index is 575. The number of hydrogen-bond donors (Lipinski definition) is 1. The summed E-state index contributed by atoms with van der Waals surface area (Å²) >= 11 is 4.22. The summed E-state index contributed by atoms with van der Waals surface area (Å²) < 4.78 is 5.26. The summed E-state index contributed by atoms with van der Waals surface area (Å²) in [6.45, 7) is 0.146. The van der Waals surface area contributed by atoms with Gasteiger partial charge in [0.25, 0.3) is 0 Å². The number of rotatable bonds is 13. The van der Waals surface area contributed by atoms with Crippen LogP contribution in [0, 0.1) is 23.7 Å². The Kier molecular flexibility index (Phi) is 8.00. The van der Waals surface area contributed by atoms with E-state index in [-0.39, 0.29) is 42.0 Å². The van der Waals surface area contributed by atoms with Crippen molar-refractivity contribution in [2.75, 3.05) is 18.9 Å². The van der Waals surface area contributed by atoms with E-state index >= 15 is 0 Å². The zero-order valence-corrected chi connectivity index (χ0v) is 17.6. The van der Waals surface area contributed by atoms with E-state index in [0.717, 1.165) is 36.3 Å². The van der Waals surface area contributed by atoms with Crippen molar-refractivity contribution in [1.82, 2.24) is 4.90 Å². The zero-order valence-electron chi connectivity index (χ0n) is 16.7. The molecule has 2 fully saturated rings. The van der Waals surface area contributed by atoms with Gasteiger partial charge in [0.05, 0.1) is 18.4 Å². The monoisotopic (exact) mass is 407 g/mol. The second-order valence-corrected chi connectivity index (χ2v) is 8.84. The van der Waals surface area contributed by atoms with Crippen LogP contribution in [0.15, 0.2) is 12.2 Å². The Morgan fingerprint density at radius 3 is 1.93 bits per heavy atom. The van der Waals surface area contributed by atoms with Gasteiger partial charge in [-0.3, -0.25) is 19.3 Å². The van der Waals surface area contributed by atoms with Crippen molar-refractivity contribution in [3.8, 4) is 0 Å².